The maximum Gasteiger partial charge on any atom is 0.319 e. The van der Waals surface area contributed by atoms with E-state index in [0.29, 0.717) is 6.54 Å². The van der Waals surface area contributed by atoms with E-state index in [1.165, 1.54) is 7.11 Å². The van der Waals surface area contributed by atoms with Crippen LogP contribution in [0.15, 0.2) is 35.7 Å². The molecule has 1 heterocycles. The molecule has 1 aromatic carbocycles. The lowest BCUT2D eigenvalue weighted by molar-refractivity contribution is -0.141. The van der Waals surface area contributed by atoms with Gasteiger partial charge in [0.25, 0.3) is 0 Å². The van der Waals surface area contributed by atoms with E-state index in [4.69, 9.17) is 0 Å². The minimum absolute atomic E-state index is 0.235. The molecule has 0 unspecified atom stereocenters. The zero-order valence-corrected chi connectivity index (χ0v) is 11.8. The monoisotopic (exact) mass is 276 g/mol. The van der Waals surface area contributed by atoms with Crippen molar-refractivity contribution in [1.82, 2.24) is 9.88 Å². The summed E-state index contributed by atoms with van der Waals surface area (Å²) in [7, 11) is 3.27. The van der Waals surface area contributed by atoms with Crippen LogP contribution in [0.3, 0.4) is 0 Å². The van der Waals surface area contributed by atoms with Gasteiger partial charge in [-0.25, -0.2) is 4.98 Å². The molecule has 0 saturated heterocycles. The Morgan fingerprint density at radius 1 is 1.37 bits per heavy atom. The summed E-state index contributed by atoms with van der Waals surface area (Å²) in [5.41, 5.74) is 2.09. The molecule has 0 aliphatic heterocycles. The van der Waals surface area contributed by atoms with Crippen molar-refractivity contribution in [3.05, 3.63) is 41.4 Å². The number of esters is 1. The number of thiazole rings is 1. The van der Waals surface area contributed by atoms with Crippen LogP contribution in [0.5, 0.6) is 0 Å². The molecule has 0 spiro atoms. The molecule has 0 radical (unpaired) electrons. The molecule has 5 heteroatoms. The Bertz CT molecular complexity index is 539. The van der Waals surface area contributed by atoms with Crippen molar-refractivity contribution in [1.29, 1.82) is 0 Å². The minimum atomic E-state index is -0.235. The molecule has 0 saturated carbocycles. The minimum Gasteiger partial charge on any atom is -0.468 e. The quantitative estimate of drug-likeness (QED) is 0.787. The molecule has 4 nitrogen and oxygen atoms in total. The number of rotatable bonds is 5. The summed E-state index contributed by atoms with van der Waals surface area (Å²) in [5.74, 6) is -0.235. The van der Waals surface area contributed by atoms with Gasteiger partial charge in [-0.3, -0.25) is 9.69 Å². The third-order valence-electron chi connectivity index (χ3n) is 2.63. The lowest BCUT2D eigenvalue weighted by Crippen LogP contribution is -2.26. The Kier molecular flexibility index (Phi) is 4.65. The molecule has 0 aliphatic carbocycles. The second-order valence-electron chi connectivity index (χ2n) is 4.26. The van der Waals surface area contributed by atoms with Crippen molar-refractivity contribution < 1.29 is 9.53 Å². The van der Waals surface area contributed by atoms with Crippen LogP contribution in [-0.2, 0) is 16.1 Å². The molecule has 2 aromatic rings. The SMILES string of the molecule is COC(=O)CN(C)Cc1csc(-c2ccccc2)n1. The van der Waals surface area contributed by atoms with E-state index in [0.717, 1.165) is 16.3 Å². The van der Waals surface area contributed by atoms with E-state index in [-0.39, 0.29) is 12.5 Å². The van der Waals surface area contributed by atoms with Crippen LogP contribution in [0, 0.1) is 0 Å². The zero-order valence-electron chi connectivity index (χ0n) is 11.0. The van der Waals surface area contributed by atoms with Gasteiger partial charge in [0.1, 0.15) is 5.01 Å². The molecular formula is C14H16N2O2S. The number of carbonyl (C=O) groups is 1. The highest BCUT2D eigenvalue weighted by Crippen LogP contribution is 2.23. The van der Waals surface area contributed by atoms with E-state index in [1.54, 1.807) is 11.3 Å². The molecule has 19 heavy (non-hydrogen) atoms. The van der Waals surface area contributed by atoms with E-state index in [1.807, 2.05) is 47.7 Å². The van der Waals surface area contributed by atoms with Crippen LogP contribution >= 0.6 is 11.3 Å². The molecule has 2 rings (SSSR count). The van der Waals surface area contributed by atoms with Gasteiger partial charge in [-0.05, 0) is 7.05 Å². The van der Waals surface area contributed by atoms with Gasteiger partial charge in [0, 0.05) is 17.5 Å². The fourth-order valence-corrected chi connectivity index (χ4v) is 2.53. The molecule has 100 valence electrons. The Morgan fingerprint density at radius 3 is 2.79 bits per heavy atom. The Hall–Kier alpha value is -1.72. The first-order valence-corrected chi connectivity index (χ1v) is 6.82. The van der Waals surface area contributed by atoms with Crippen molar-refractivity contribution in [2.24, 2.45) is 0 Å². The van der Waals surface area contributed by atoms with Gasteiger partial charge in [0.2, 0.25) is 0 Å². The lowest BCUT2D eigenvalue weighted by atomic mass is 10.2. The maximum absolute atomic E-state index is 11.2. The molecule has 0 amide bonds. The Balaban J connectivity index is 2.00. The van der Waals surface area contributed by atoms with E-state index < -0.39 is 0 Å². The number of hydrogen-bond donors (Lipinski definition) is 0. The van der Waals surface area contributed by atoms with Gasteiger partial charge < -0.3 is 4.74 Å². The van der Waals surface area contributed by atoms with Crippen molar-refractivity contribution >= 4 is 17.3 Å². The standard InChI is InChI=1S/C14H16N2O2S/c1-16(9-13(17)18-2)8-12-10-19-14(15-12)11-6-4-3-5-7-11/h3-7,10H,8-9H2,1-2H3. The second kappa shape index (κ2) is 6.45. The highest BCUT2D eigenvalue weighted by Gasteiger charge is 2.10. The van der Waals surface area contributed by atoms with E-state index >= 15 is 0 Å². The summed E-state index contributed by atoms with van der Waals surface area (Å²) in [6, 6.07) is 10.1. The topological polar surface area (TPSA) is 42.4 Å². The highest BCUT2D eigenvalue weighted by atomic mass is 32.1. The van der Waals surface area contributed by atoms with Gasteiger partial charge in [0.15, 0.2) is 0 Å². The predicted octanol–water partition coefficient (Wildman–Crippen LogP) is 2.41. The summed E-state index contributed by atoms with van der Waals surface area (Å²) < 4.78 is 4.63. The molecule has 0 atom stereocenters. The first-order chi connectivity index (χ1) is 9.19. The van der Waals surface area contributed by atoms with Crippen LogP contribution in [0.2, 0.25) is 0 Å². The van der Waals surface area contributed by atoms with E-state index in [9.17, 15) is 4.79 Å². The fourth-order valence-electron chi connectivity index (χ4n) is 1.71. The average molecular weight is 276 g/mol. The van der Waals surface area contributed by atoms with Gasteiger partial charge in [0.05, 0.1) is 19.3 Å². The number of ether oxygens (including phenoxy) is 1. The number of likely N-dealkylation sites (N-methyl/N-ethyl adjacent to an activating group) is 1. The normalized spacial score (nSPS) is 10.7. The van der Waals surface area contributed by atoms with E-state index in [2.05, 4.69) is 9.72 Å². The largest absolute Gasteiger partial charge is 0.468 e. The van der Waals surface area contributed by atoms with Crippen LogP contribution in [0.4, 0.5) is 0 Å². The first-order valence-electron chi connectivity index (χ1n) is 5.94. The summed E-state index contributed by atoms with van der Waals surface area (Å²) in [6.45, 7) is 0.910. The van der Waals surface area contributed by atoms with Crippen LogP contribution < -0.4 is 0 Å². The van der Waals surface area contributed by atoms with Gasteiger partial charge >= 0.3 is 5.97 Å². The molecule has 0 fully saturated rings. The average Bonchev–Trinajstić information content (AvgIpc) is 2.88. The number of hydrogen-bond acceptors (Lipinski definition) is 5. The molecule has 0 bridgehead atoms. The predicted molar refractivity (Wildman–Crippen MR) is 75.9 cm³/mol. The molecule has 0 N–H and O–H groups in total. The Morgan fingerprint density at radius 2 is 2.11 bits per heavy atom. The zero-order chi connectivity index (χ0) is 13.7. The molecule has 1 aromatic heterocycles. The Labute approximate surface area is 116 Å². The molecular weight excluding hydrogens is 260 g/mol. The second-order valence-corrected chi connectivity index (χ2v) is 5.12. The van der Waals surface area contributed by atoms with Crippen molar-refractivity contribution in [3.8, 4) is 10.6 Å². The summed E-state index contributed by atoms with van der Waals surface area (Å²) in [6.07, 6.45) is 0. The summed E-state index contributed by atoms with van der Waals surface area (Å²) in [5, 5.41) is 3.03. The summed E-state index contributed by atoms with van der Waals surface area (Å²) in [4.78, 5) is 17.6. The van der Waals surface area contributed by atoms with Gasteiger partial charge in [-0.15, -0.1) is 11.3 Å². The lowest BCUT2D eigenvalue weighted by Gasteiger charge is -2.12. The third-order valence-corrected chi connectivity index (χ3v) is 3.57. The van der Waals surface area contributed by atoms with Crippen molar-refractivity contribution in [2.45, 2.75) is 6.54 Å². The van der Waals surface area contributed by atoms with Crippen molar-refractivity contribution in [3.63, 3.8) is 0 Å². The number of aromatic nitrogens is 1. The number of carbonyl (C=O) groups excluding carboxylic acids is 1. The maximum atomic E-state index is 11.2. The van der Waals surface area contributed by atoms with Crippen LogP contribution in [0.25, 0.3) is 10.6 Å². The van der Waals surface area contributed by atoms with Crippen molar-refractivity contribution in [2.75, 3.05) is 20.7 Å². The van der Waals surface area contributed by atoms with Gasteiger partial charge in [-0.1, -0.05) is 30.3 Å². The van der Waals surface area contributed by atoms with Crippen LogP contribution in [-0.4, -0.2) is 36.6 Å². The number of nitrogens with zero attached hydrogens (tertiary/aromatic N) is 2. The molecule has 0 aliphatic rings. The highest BCUT2D eigenvalue weighted by molar-refractivity contribution is 7.13. The fraction of sp³-hybridized carbons (Fsp3) is 0.286. The smallest absolute Gasteiger partial charge is 0.319 e. The number of benzene rings is 1. The van der Waals surface area contributed by atoms with Gasteiger partial charge in [-0.2, -0.15) is 0 Å². The third kappa shape index (κ3) is 3.87. The first kappa shape index (κ1) is 13.7. The van der Waals surface area contributed by atoms with Crippen LogP contribution in [0.1, 0.15) is 5.69 Å². The number of methoxy groups -OCH3 is 1. The summed E-state index contributed by atoms with van der Waals surface area (Å²) >= 11 is 1.62.